The highest BCUT2D eigenvalue weighted by molar-refractivity contribution is 5.88. The van der Waals surface area contributed by atoms with Gasteiger partial charge in [-0.2, -0.15) is 0 Å². The van der Waals surface area contributed by atoms with Crippen LogP contribution < -0.4 is 11.1 Å². The maximum atomic E-state index is 12.1. The first-order valence-corrected chi connectivity index (χ1v) is 8.49. The second kappa shape index (κ2) is 6.23. The van der Waals surface area contributed by atoms with E-state index < -0.39 is 5.54 Å². The molecule has 5 heteroatoms. The van der Waals surface area contributed by atoms with Gasteiger partial charge in [-0.3, -0.25) is 9.69 Å². The Morgan fingerprint density at radius 2 is 1.76 bits per heavy atom. The van der Waals surface area contributed by atoms with Gasteiger partial charge in [0, 0.05) is 31.6 Å². The maximum absolute atomic E-state index is 12.1. The van der Waals surface area contributed by atoms with Crippen LogP contribution >= 0.6 is 0 Å². The Hall–Kier alpha value is -0.650. The van der Waals surface area contributed by atoms with E-state index in [0.717, 1.165) is 52.2 Å². The van der Waals surface area contributed by atoms with Gasteiger partial charge in [0.2, 0.25) is 5.91 Å². The Bertz CT molecular complexity index is 370. The lowest BCUT2D eigenvalue weighted by Gasteiger charge is -2.42. The second-order valence-corrected chi connectivity index (χ2v) is 7.29. The van der Waals surface area contributed by atoms with Crippen molar-refractivity contribution < 1.29 is 9.53 Å². The molecule has 0 atom stereocenters. The van der Waals surface area contributed by atoms with Crippen molar-refractivity contribution in [2.75, 3.05) is 39.4 Å². The molecule has 5 nitrogen and oxygen atoms in total. The van der Waals surface area contributed by atoms with Crippen molar-refractivity contribution >= 4 is 5.91 Å². The van der Waals surface area contributed by atoms with Gasteiger partial charge in [0.25, 0.3) is 0 Å². The fraction of sp³-hybridized carbons (Fsp3) is 0.938. The summed E-state index contributed by atoms with van der Waals surface area (Å²) in [4.78, 5) is 14.6. The molecule has 3 N–H and O–H groups in total. The molecule has 3 fully saturated rings. The van der Waals surface area contributed by atoms with Crippen LogP contribution in [0.1, 0.15) is 44.9 Å². The smallest absolute Gasteiger partial charge is 0.240 e. The van der Waals surface area contributed by atoms with Crippen molar-refractivity contribution in [2.45, 2.75) is 50.5 Å². The molecule has 1 aliphatic heterocycles. The molecule has 1 saturated heterocycles. The molecular weight excluding hydrogens is 266 g/mol. The van der Waals surface area contributed by atoms with E-state index in [1.54, 1.807) is 0 Å². The lowest BCUT2D eigenvalue weighted by molar-refractivity contribution is -0.124. The Balaban J connectivity index is 1.57. The van der Waals surface area contributed by atoms with Gasteiger partial charge in [-0.25, -0.2) is 0 Å². The fourth-order valence-corrected chi connectivity index (χ4v) is 3.73. The molecule has 0 unspecified atom stereocenters. The normalized spacial score (nSPS) is 28.0. The molecule has 1 amide bonds. The standard InChI is InChI=1S/C16H29N3O2/c17-16(6-7-16)14(20)18-12-15(4-2-1-3-5-15)13-19-8-10-21-11-9-19/h1-13,17H2,(H,18,20). The van der Waals surface area contributed by atoms with Crippen LogP contribution in [0.3, 0.4) is 0 Å². The van der Waals surface area contributed by atoms with Crippen molar-refractivity contribution in [3.05, 3.63) is 0 Å². The van der Waals surface area contributed by atoms with Gasteiger partial charge in [-0.05, 0) is 25.7 Å². The number of hydrogen-bond acceptors (Lipinski definition) is 4. The van der Waals surface area contributed by atoms with Gasteiger partial charge in [-0.15, -0.1) is 0 Å². The largest absolute Gasteiger partial charge is 0.379 e. The molecule has 0 aromatic carbocycles. The fourth-order valence-electron chi connectivity index (χ4n) is 3.73. The first-order chi connectivity index (χ1) is 10.1. The predicted molar refractivity (Wildman–Crippen MR) is 81.9 cm³/mol. The van der Waals surface area contributed by atoms with Crippen LogP contribution in [-0.4, -0.2) is 55.7 Å². The molecular formula is C16H29N3O2. The predicted octanol–water partition coefficient (Wildman–Crippen LogP) is 0.877. The topological polar surface area (TPSA) is 67.6 Å². The molecule has 0 spiro atoms. The zero-order chi connectivity index (χ0) is 14.8. The van der Waals surface area contributed by atoms with Gasteiger partial charge < -0.3 is 15.8 Å². The Kier molecular flexibility index (Phi) is 4.52. The minimum absolute atomic E-state index is 0.0643. The number of rotatable bonds is 5. The quantitative estimate of drug-likeness (QED) is 0.790. The molecule has 120 valence electrons. The summed E-state index contributed by atoms with van der Waals surface area (Å²) in [6.07, 6.45) is 8.04. The van der Waals surface area contributed by atoms with E-state index in [4.69, 9.17) is 10.5 Å². The molecule has 2 saturated carbocycles. The van der Waals surface area contributed by atoms with Crippen LogP contribution in [0.25, 0.3) is 0 Å². The number of nitrogens with two attached hydrogens (primary N) is 1. The first kappa shape index (κ1) is 15.3. The molecule has 0 bridgehead atoms. The maximum Gasteiger partial charge on any atom is 0.240 e. The van der Waals surface area contributed by atoms with E-state index in [1.165, 1.54) is 32.1 Å². The van der Waals surface area contributed by atoms with Crippen LogP contribution in [0, 0.1) is 5.41 Å². The summed E-state index contributed by atoms with van der Waals surface area (Å²) in [5, 5.41) is 3.16. The summed E-state index contributed by atoms with van der Waals surface area (Å²) in [7, 11) is 0. The summed E-state index contributed by atoms with van der Waals surface area (Å²) >= 11 is 0. The van der Waals surface area contributed by atoms with Gasteiger partial charge >= 0.3 is 0 Å². The van der Waals surface area contributed by atoms with Crippen molar-refractivity contribution in [1.82, 2.24) is 10.2 Å². The van der Waals surface area contributed by atoms with Crippen LogP contribution in [0.2, 0.25) is 0 Å². The minimum Gasteiger partial charge on any atom is -0.379 e. The molecule has 2 aliphatic carbocycles. The number of morpholine rings is 1. The zero-order valence-electron chi connectivity index (χ0n) is 13.0. The minimum atomic E-state index is -0.547. The summed E-state index contributed by atoms with van der Waals surface area (Å²) in [5.41, 5.74) is 5.69. The Morgan fingerprint density at radius 3 is 2.38 bits per heavy atom. The van der Waals surface area contributed by atoms with E-state index in [-0.39, 0.29) is 11.3 Å². The van der Waals surface area contributed by atoms with E-state index in [0.29, 0.717) is 0 Å². The third kappa shape index (κ3) is 3.76. The Labute approximate surface area is 127 Å². The van der Waals surface area contributed by atoms with E-state index in [2.05, 4.69) is 10.2 Å². The third-order valence-electron chi connectivity index (χ3n) is 5.44. The van der Waals surface area contributed by atoms with Crippen molar-refractivity contribution in [3.8, 4) is 0 Å². The highest BCUT2D eigenvalue weighted by atomic mass is 16.5. The lowest BCUT2D eigenvalue weighted by atomic mass is 9.73. The molecule has 21 heavy (non-hydrogen) atoms. The monoisotopic (exact) mass is 295 g/mol. The van der Waals surface area contributed by atoms with Gasteiger partial charge in [-0.1, -0.05) is 19.3 Å². The molecule has 1 heterocycles. The second-order valence-electron chi connectivity index (χ2n) is 7.29. The zero-order valence-corrected chi connectivity index (χ0v) is 13.0. The molecule has 0 aromatic rings. The van der Waals surface area contributed by atoms with E-state index >= 15 is 0 Å². The van der Waals surface area contributed by atoms with Crippen molar-refractivity contribution in [3.63, 3.8) is 0 Å². The summed E-state index contributed by atoms with van der Waals surface area (Å²) in [6.45, 7) is 5.62. The van der Waals surface area contributed by atoms with Gasteiger partial charge in [0.15, 0.2) is 0 Å². The van der Waals surface area contributed by atoms with E-state index in [9.17, 15) is 4.79 Å². The van der Waals surface area contributed by atoms with Crippen LogP contribution in [0.15, 0.2) is 0 Å². The number of carbonyl (C=O) groups is 1. The Morgan fingerprint density at radius 1 is 1.10 bits per heavy atom. The number of nitrogens with zero attached hydrogens (tertiary/aromatic N) is 1. The number of amides is 1. The first-order valence-electron chi connectivity index (χ1n) is 8.49. The van der Waals surface area contributed by atoms with Crippen LogP contribution in [-0.2, 0) is 9.53 Å². The summed E-state index contributed by atoms with van der Waals surface area (Å²) < 4.78 is 5.45. The van der Waals surface area contributed by atoms with E-state index in [1.807, 2.05) is 0 Å². The highest BCUT2D eigenvalue weighted by Crippen LogP contribution is 2.38. The molecule has 3 aliphatic rings. The third-order valence-corrected chi connectivity index (χ3v) is 5.44. The van der Waals surface area contributed by atoms with Crippen molar-refractivity contribution in [2.24, 2.45) is 11.1 Å². The number of carbonyl (C=O) groups excluding carboxylic acids is 1. The number of nitrogens with one attached hydrogen (secondary N) is 1. The molecule has 3 rings (SSSR count). The number of hydrogen-bond donors (Lipinski definition) is 2. The lowest BCUT2D eigenvalue weighted by Crippen LogP contribution is -2.52. The molecule has 0 aromatic heterocycles. The van der Waals surface area contributed by atoms with Crippen molar-refractivity contribution in [1.29, 1.82) is 0 Å². The summed E-state index contributed by atoms with van der Waals surface area (Å²) in [5.74, 6) is 0.0643. The molecule has 0 radical (unpaired) electrons. The van der Waals surface area contributed by atoms with Gasteiger partial charge in [0.05, 0.1) is 18.8 Å². The summed E-state index contributed by atoms with van der Waals surface area (Å²) in [6, 6.07) is 0. The average Bonchev–Trinajstić information content (AvgIpc) is 3.26. The van der Waals surface area contributed by atoms with Crippen LogP contribution in [0.5, 0.6) is 0 Å². The number of ether oxygens (including phenoxy) is 1. The van der Waals surface area contributed by atoms with Gasteiger partial charge in [0.1, 0.15) is 0 Å². The van der Waals surface area contributed by atoms with Crippen LogP contribution in [0.4, 0.5) is 0 Å². The average molecular weight is 295 g/mol. The highest BCUT2D eigenvalue weighted by Gasteiger charge is 2.46. The SMILES string of the molecule is NC1(C(=O)NCC2(CN3CCOCC3)CCCCC2)CC1.